The van der Waals surface area contributed by atoms with E-state index < -0.39 is 0 Å². The van der Waals surface area contributed by atoms with E-state index in [4.69, 9.17) is 9.84 Å². The third kappa shape index (κ3) is 4.15. The van der Waals surface area contributed by atoms with Crippen LogP contribution in [-0.2, 0) is 17.7 Å². The van der Waals surface area contributed by atoms with E-state index in [0.29, 0.717) is 18.7 Å². The summed E-state index contributed by atoms with van der Waals surface area (Å²) in [7, 11) is 0. The Balaban J connectivity index is 1.45. The van der Waals surface area contributed by atoms with E-state index in [9.17, 15) is 4.79 Å². The lowest BCUT2D eigenvalue weighted by Gasteiger charge is -2.22. The zero-order valence-electron chi connectivity index (χ0n) is 16.3. The largest absolute Gasteiger partial charge is 0.370 e. The first-order valence-corrected chi connectivity index (χ1v) is 9.67. The zero-order chi connectivity index (χ0) is 19.5. The number of nitrogens with one attached hydrogen (secondary N) is 1. The van der Waals surface area contributed by atoms with E-state index in [1.807, 2.05) is 48.9 Å². The molecule has 0 radical (unpaired) electrons. The number of benzene rings is 2. The Kier molecular flexibility index (Phi) is 5.26. The normalized spacial score (nSPS) is 15.9. The predicted molar refractivity (Wildman–Crippen MR) is 108 cm³/mol. The number of carbonyl (C=O) groups excluding carboxylic acids is 1. The topological polar surface area (TPSA) is 56.1 Å². The first kappa shape index (κ1) is 18.4. The minimum Gasteiger partial charge on any atom is -0.370 e. The molecule has 3 aromatic rings. The number of hydrogen-bond acceptors (Lipinski definition) is 3. The summed E-state index contributed by atoms with van der Waals surface area (Å²) in [6.07, 6.45) is 2.74. The monoisotopic (exact) mass is 375 g/mol. The van der Waals surface area contributed by atoms with Crippen LogP contribution in [0.1, 0.15) is 44.4 Å². The molecule has 5 nitrogen and oxygen atoms in total. The minimum atomic E-state index is -0.212. The first-order valence-electron chi connectivity index (χ1n) is 9.67. The van der Waals surface area contributed by atoms with Gasteiger partial charge in [0.15, 0.2) is 0 Å². The Morgan fingerprint density at radius 3 is 2.68 bits per heavy atom. The molecule has 144 valence electrons. The molecule has 1 aliphatic rings. The van der Waals surface area contributed by atoms with Crippen molar-refractivity contribution in [3.63, 3.8) is 0 Å². The number of rotatable bonds is 5. The number of aryl methyl sites for hydroxylation is 2. The summed E-state index contributed by atoms with van der Waals surface area (Å²) in [5, 5.41) is 7.76. The van der Waals surface area contributed by atoms with Crippen molar-refractivity contribution in [1.82, 2.24) is 15.1 Å². The van der Waals surface area contributed by atoms with Crippen LogP contribution in [-0.4, -0.2) is 28.8 Å². The molecule has 1 N–H and O–H groups in total. The van der Waals surface area contributed by atoms with Gasteiger partial charge in [-0.1, -0.05) is 47.5 Å². The molecule has 0 unspecified atom stereocenters. The van der Waals surface area contributed by atoms with E-state index in [0.717, 1.165) is 29.8 Å². The Morgan fingerprint density at radius 2 is 1.93 bits per heavy atom. The highest BCUT2D eigenvalue weighted by Crippen LogP contribution is 2.25. The van der Waals surface area contributed by atoms with Gasteiger partial charge in [-0.15, -0.1) is 0 Å². The Labute approximate surface area is 165 Å². The van der Waals surface area contributed by atoms with Crippen LogP contribution in [0.2, 0.25) is 0 Å². The van der Waals surface area contributed by atoms with Gasteiger partial charge in [-0.3, -0.25) is 9.48 Å². The smallest absolute Gasteiger partial charge is 0.251 e. The van der Waals surface area contributed by atoms with E-state index in [2.05, 4.69) is 29.7 Å². The molecule has 0 spiro atoms. The third-order valence-electron chi connectivity index (χ3n) is 4.98. The lowest BCUT2D eigenvalue weighted by molar-refractivity contribution is 0.0383. The Bertz CT molecular complexity index is 959. The highest BCUT2D eigenvalue weighted by atomic mass is 16.5. The van der Waals surface area contributed by atoms with Crippen LogP contribution in [0.5, 0.6) is 0 Å². The minimum absolute atomic E-state index is 0.0776. The summed E-state index contributed by atoms with van der Waals surface area (Å²) in [5.41, 5.74) is 6.20. The van der Waals surface area contributed by atoms with Crippen LogP contribution >= 0.6 is 0 Å². The summed E-state index contributed by atoms with van der Waals surface area (Å²) >= 11 is 0. The van der Waals surface area contributed by atoms with Crippen molar-refractivity contribution in [2.45, 2.75) is 32.9 Å². The lowest BCUT2D eigenvalue weighted by Crippen LogP contribution is -2.32. The number of nitrogens with zero attached hydrogens (tertiary/aromatic N) is 2. The van der Waals surface area contributed by atoms with Crippen molar-refractivity contribution in [1.29, 1.82) is 0 Å². The van der Waals surface area contributed by atoms with Crippen molar-refractivity contribution in [2.24, 2.45) is 0 Å². The third-order valence-corrected chi connectivity index (χ3v) is 4.98. The molecule has 4 rings (SSSR count). The Hall–Kier alpha value is -2.92. The van der Waals surface area contributed by atoms with Gasteiger partial charge < -0.3 is 10.1 Å². The zero-order valence-corrected chi connectivity index (χ0v) is 16.3. The highest BCUT2D eigenvalue weighted by molar-refractivity contribution is 5.94. The molecule has 1 aliphatic heterocycles. The first-order chi connectivity index (χ1) is 13.6. The van der Waals surface area contributed by atoms with Gasteiger partial charge in [-0.05, 0) is 43.5 Å². The lowest BCUT2D eigenvalue weighted by atomic mass is 10.1. The number of hydrogen-bond donors (Lipinski definition) is 1. The molecular formula is C23H25N3O2. The number of ether oxygens (including phenoxy) is 1. The van der Waals surface area contributed by atoms with Crippen LogP contribution in [0.4, 0.5) is 0 Å². The summed E-state index contributed by atoms with van der Waals surface area (Å²) in [5.74, 6) is -0.0776. The van der Waals surface area contributed by atoms with Gasteiger partial charge in [0.05, 0.1) is 18.8 Å². The molecular weight excluding hydrogens is 350 g/mol. The van der Waals surface area contributed by atoms with Gasteiger partial charge in [0.2, 0.25) is 0 Å². The average Bonchev–Trinajstić information content (AvgIpc) is 3.09. The van der Waals surface area contributed by atoms with Crippen molar-refractivity contribution in [3.05, 3.63) is 88.2 Å². The molecule has 0 saturated carbocycles. The quantitative estimate of drug-likeness (QED) is 0.741. The van der Waals surface area contributed by atoms with Gasteiger partial charge in [-0.25, -0.2) is 0 Å². The molecule has 0 saturated heterocycles. The van der Waals surface area contributed by atoms with E-state index in [1.165, 1.54) is 11.1 Å². The second-order valence-corrected chi connectivity index (χ2v) is 7.42. The van der Waals surface area contributed by atoms with Crippen molar-refractivity contribution >= 4 is 5.91 Å². The fourth-order valence-corrected chi connectivity index (χ4v) is 3.73. The van der Waals surface area contributed by atoms with Gasteiger partial charge in [-0.2, -0.15) is 5.10 Å². The summed E-state index contributed by atoms with van der Waals surface area (Å²) < 4.78 is 7.88. The van der Waals surface area contributed by atoms with E-state index in [1.54, 1.807) is 0 Å². The molecule has 28 heavy (non-hydrogen) atoms. The maximum absolute atomic E-state index is 12.6. The second kappa shape index (κ2) is 7.98. The maximum Gasteiger partial charge on any atom is 0.251 e. The summed E-state index contributed by atoms with van der Waals surface area (Å²) in [4.78, 5) is 12.6. The van der Waals surface area contributed by atoms with Crippen LogP contribution in [0.3, 0.4) is 0 Å². The molecule has 2 aromatic carbocycles. The fraction of sp³-hybridized carbons (Fsp3) is 0.304. The van der Waals surface area contributed by atoms with Gasteiger partial charge in [0.25, 0.3) is 5.91 Å². The predicted octanol–water partition coefficient (Wildman–Crippen LogP) is 3.59. The van der Waals surface area contributed by atoms with E-state index in [-0.39, 0.29) is 12.0 Å². The Morgan fingerprint density at radius 1 is 1.18 bits per heavy atom. The van der Waals surface area contributed by atoms with Crippen LogP contribution in [0.25, 0.3) is 0 Å². The summed E-state index contributed by atoms with van der Waals surface area (Å²) in [6.45, 7) is 5.80. The average molecular weight is 375 g/mol. The molecule has 5 heteroatoms. The second-order valence-electron chi connectivity index (χ2n) is 7.42. The van der Waals surface area contributed by atoms with Crippen molar-refractivity contribution in [2.75, 3.05) is 13.2 Å². The van der Waals surface area contributed by atoms with Crippen LogP contribution < -0.4 is 5.32 Å². The fourth-order valence-electron chi connectivity index (χ4n) is 3.73. The van der Waals surface area contributed by atoms with E-state index >= 15 is 0 Å². The van der Waals surface area contributed by atoms with Gasteiger partial charge >= 0.3 is 0 Å². The number of carbonyl (C=O) groups is 1. The SMILES string of the molecule is Cc1cc(C)cc(C(=O)NC[C@@H]2OCCc3cn(Cc4ccccc4)nc32)c1. The summed E-state index contributed by atoms with van der Waals surface area (Å²) in [6, 6.07) is 16.2. The highest BCUT2D eigenvalue weighted by Gasteiger charge is 2.25. The maximum atomic E-state index is 12.6. The standard InChI is InChI=1S/C23H25N3O2/c1-16-10-17(2)12-20(11-16)23(27)24-13-21-22-19(8-9-28-21)15-26(25-22)14-18-6-4-3-5-7-18/h3-7,10-12,15,21H,8-9,13-14H2,1-2H3,(H,24,27)/t21-/m0/s1. The molecule has 2 heterocycles. The van der Waals surface area contributed by atoms with Crippen molar-refractivity contribution < 1.29 is 9.53 Å². The molecule has 1 atom stereocenters. The molecule has 1 amide bonds. The number of fused-ring (bicyclic) bond motifs is 1. The van der Waals surface area contributed by atoms with Crippen LogP contribution in [0.15, 0.2) is 54.7 Å². The van der Waals surface area contributed by atoms with Gasteiger partial charge in [0.1, 0.15) is 6.10 Å². The van der Waals surface area contributed by atoms with Crippen molar-refractivity contribution in [3.8, 4) is 0 Å². The molecule has 1 aromatic heterocycles. The van der Waals surface area contributed by atoms with Gasteiger partial charge in [0, 0.05) is 18.3 Å². The number of amides is 1. The van der Waals surface area contributed by atoms with Crippen LogP contribution in [0, 0.1) is 13.8 Å². The number of aromatic nitrogens is 2. The molecule has 0 bridgehead atoms. The molecule has 0 aliphatic carbocycles. The molecule has 0 fully saturated rings.